The van der Waals surface area contributed by atoms with Gasteiger partial charge in [0.15, 0.2) is 10.3 Å². The molecule has 0 unspecified atom stereocenters. The SMILES string of the molecule is C.COc1ccc(CNc2nccs2)cc1.Fc1ccc2c(c1)NCCO2.[C-]#[N+]c1cc(C(F)(F)F)ccc1F.[C-]#[N+]c1cc(C(F)(F)F)ccc1N1CCOc2cc(S(=O)(=O)Cl)c(F)cc21.[C-]#[N+]c1cc(C(F)(F)F)ccc1N1CCOc2cc(S(=O)(=O)Cl)c(F)cc21.[C-]#[N+]c1cc(C(F)(F)F)ccc1N1CCOc2cc(S(=O)(=O)Nc3nccs3)c(F)cc21.[C-]#[N+]c1cc(C(F)(F)F)ccc1N1CCOc2ccc(F)cc21. The Morgan fingerprint density at radius 1 is 0.383 bits per heavy atom. The molecule has 26 nitrogen and oxygen atoms in total. The van der Waals surface area contributed by atoms with Crippen LogP contribution in [0.1, 0.15) is 40.8 Å². The normalized spacial score (nSPS) is 13.3. The first-order valence-corrected chi connectivity index (χ1v) is 49.3. The van der Waals surface area contributed by atoms with Crippen molar-refractivity contribution in [2.45, 2.75) is 59.5 Å². The maximum atomic E-state index is 14.9. The maximum Gasteiger partial charge on any atom is 0.415 e. The Morgan fingerprint density at radius 3 is 1.07 bits per heavy atom. The van der Waals surface area contributed by atoms with Crippen molar-refractivity contribution in [1.29, 1.82) is 0 Å². The molecule has 0 saturated carbocycles. The topological polar surface area (TPSA) is 254 Å². The standard InChI is InChI=1S/C19H12F4N4O3S2.2C16H9ClF4N2O3S.C16H10F4N2O.C11H12N2OS.C8H3F4N.C8H8FNO.CH4/c1-24-13-8-11(19(21,22)23)2-3-14(13)27-5-6-30-16-10-17(12(20)9-15(16)27)32(28,29)26-18-25-4-7-31-18;2*1-22-11-6-9(16(19,20)21)2-3-12(11)23-4-5-26-14-8-15(27(17,24)25)10(18)7-13(14)23;1-21-12-8-10(16(18,19)20)2-4-13(12)22-6-7-23-15-5-3-11(17)9-14(15)22;1-14-10-4-2-9(3-5-10)8-13-11-12-6-7-15-11;1-13-7-4-5(8(10,11)12)2-3-6(7)9;9-6-1-2-8-7(5-6)10-3-4-11-8;/h2-4,7-10H,5-6H2,(H,25,26);2*2-3,6-8H,4-5H2;2-5,8-9H,6-7H2;2-7H,8H2,1H3,(H,12,13);2-4H;1-2,5,10H,3-4H2;1H4. The van der Waals surface area contributed by atoms with Gasteiger partial charge in [0.05, 0.1) is 94.6 Å². The van der Waals surface area contributed by atoms with Crippen LogP contribution in [-0.2, 0) is 65.6 Å². The zero-order chi connectivity index (χ0) is 108. The molecule has 0 atom stereocenters. The van der Waals surface area contributed by atoms with Crippen LogP contribution in [0.4, 0.5) is 182 Å². The van der Waals surface area contributed by atoms with Crippen LogP contribution in [-0.4, -0.2) is 108 Å². The molecule has 7 heterocycles. The van der Waals surface area contributed by atoms with Gasteiger partial charge in [0.1, 0.15) is 117 Å². The van der Waals surface area contributed by atoms with Crippen LogP contribution in [0.2, 0.25) is 0 Å². The third-order valence-corrected chi connectivity index (χ3v) is 26.4. The lowest BCUT2D eigenvalue weighted by molar-refractivity contribution is -0.138. The Labute approximate surface area is 851 Å². The fourth-order valence-electron chi connectivity index (χ4n) is 14.1. The molecule has 0 radical (unpaired) electrons. The van der Waals surface area contributed by atoms with Crippen molar-refractivity contribution in [1.82, 2.24) is 9.97 Å². The molecule has 13 aromatic rings. The number of nitrogens with zero attached hydrogens (tertiary/aromatic N) is 11. The predicted molar refractivity (Wildman–Crippen MR) is 513 cm³/mol. The molecule has 5 aliphatic heterocycles. The Kier molecular flexibility index (Phi) is 36.3. The van der Waals surface area contributed by atoms with Crippen LogP contribution < -0.4 is 63.4 Å². The minimum Gasteiger partial charge on any atom is -0.497 e. The number of fused-ring (bicyclic) bond motifs is 5. The highest BCUT2D eigenvalue weighted by Crippen LogP contribution is 2.51. The Morgan fingerprint density at radius 2 is 0.711 bits per heavy atom. The van der Waals surface area contributed by atoms with Crippen molar-refractivity contribution in [3.8, 4) is 34.5 Å². The first kappa shape index (κ1) is 114. The van der Waals surface area contributed by atoms with Gasteiger partial charge in [0, 0.05) is 157 Å². The lowest BCUT2D eigenvalue weighted by atomic mass is 10.1. The lowest BCUT2D eigenvalue weighted by Crippen LogP contribution is -2.29. The Bertz CT molecular complexity index is 7520. The second-order valence-electron chi connectivity index (χ2n) is 30.2. The number of alkyl halides is 15. The molecule has 2 aromatic heterocycles. The summed E-state index contributed by atoms with van der Waals surface area (Å²) in [7, 11) is -0.993. The number of nitrogens with one attached hydrogen (secondary N) is 3. The largest absolute Gasteiger partial charge is 0.497 e. The molecule has 54 heteroatoms. The Hall–Kier alpha value is -15.5. The number of methoxy groups -OCH3 is 1. The van der Waals surface area contributed by atoms with Crippen LogP contribution in [0.15, 0.2) is 226 Å². The third-order valence-electron chi connectivity index (χ3n) is 20.8. The van der Waals surface area contributed by atoms with Crippen molar-refractivity contribution in [2.24, 2.45) is 0 Å². The first-order chi connectivity index (χ1) is 69.7. The highest BCUT2D eigenvalue weighted by Gasteiger charge is 2.40. The summed E-state index contributed by atoms with van der Waals surface area (Å²) in [5, 5.41) is 10.8. The van der Waals surface area contributed by atoms with E-state index in [1.165, 1.54) is 62.9 Å². The minimum atomic E-state index is -4.62. The van der Waals surface area contributed by atoms with E-state index >= 15 is 0 Å². The van der Waals surface area contributed by atoms with Crippen molar-refractivity contribution >= 4 is 162 Å². The van der Waals surface area contributed by atoms with E-state index in [9.17, 15) is 117 Å². The molecule has 3 N–H and O–H groups in total. The number of sulfonamides is 1. The van der Waals surface area contributed by atoms with E-state index in [2.05, 4.69) is 49.5 Å². The zero-order valence-electron chi connectivity index (χ0n) is 74.5. The van der Waals surface area contributed by atoms with Gasteiger partial charge < -0.3 is 58.7 Å². The summed E-state index contributed by atoms with van der Waals surface area (Å²) in [4.78, 5) is 26.7. The second kappa shape index (κ2) is 47.5. The Balaban J connectivity index is 0.000000169. The molecule has 0 fully saturated rings. The summed E-state index contributed by atoms with van der Waals surface area (Å²) in [5.41, 5.74) is -3.23. The van der Waals surface area contributed by atoms with Gasteiger partial charge in [-0.3, -0.25) is 4.72 Å². The molecule has 0 bridgehead atoms. The number of anilines is 11. The molecule has 11 aromatic carbocycles. The molecule has 149 heavy (non-hydrogen) atoms. The number of halogens is 23. The van der Waals surface area contributed by atoms with Gasteiger partial charge in [-0.1, -0.05) is 43.8 Å². The van der Waals surface area contributed by atoms with E-state index in [0.717, 1.165) is 132 Å². The highest BCUT2D eigenvalue weighted by molar-refractivity contribution is 8.14. The van der Waals surface area contributed by atoms with E-state index in [-0.39, 0.29) is 139 Å². The molecule has 780 valence electrons. The van der Waals surface area contributed by atoms with Gasteiger partial charge in [-0.2, -0.15) is 65.9 Å². The molecule has 5 aliphatic rings. The maximum absolute atomic E-state index is 14.9. The summed E-state index contributed by atoms with van der Waals surface area (Å²) in [6.45, 7) is 38.4. The number of aromatic nitrogens is 2. The van der Waals surface area contributed by atoms with Crippen molar-refractivity contribution in [3.05, 3.63) is 337 Å². The number of rotatable bonds is 13. The predicted octanol–water partition coefficient (Wildman–Crippen LogP) is 28.2. The molecular formula is C95H67Cl2F21N14O12S5. The number of benzene rings is 11. The quantitative estimate of drug-likeness (QED) is 0.0551. The van der Waals surface area contributed by atoms with Gasteiger partial charge in [0.25, 0.3) is 28.1 Å². The summed E-state index contributed by atoms with van der Waals surface area (Å²) in [5.74, 6) is -3.03. The zero-order valence-corrected chi connectivity index (χ0v) is 80.1. The molecule has 0 spiro atoms. The highest BCUT2D eigenvalue weighted by atomic mass is 35.7. The molecule has 0 saturated heterocycles. The van der Waals surface area contributed by atoms with Crippen molar-refractivity contribution < 1.29 is 146 Å². The van der Waals surface area contributed by atoms with E-state index < -0.39 is 136 Å². The minimum absolute atomic E-state index is 0. The van der Waals surface area contributed by atoms with Crippen LogP contribution in [0.25, 0.3) is 24.2 Å². The fourth-order valence-corrected chi connectivity index (χ4v) is 18.2. The van der Waals surface area contributed by atoms with Gasteiger partial charge in [-0.15, -0.1) is 22.7 Å². The number of thiazole rings is 2. The third kappa shape index (κ3) is 28.7. The number of hydrogen-bond acceptors (Lipinski definition) is 22. The van der Waals surface area contributed by atoms with Crippen LogP contribution in [0.3, 0.4) is 0 Å². The summed E-state index contributed by atoms with van der Waals surface area (Å²) < 4.78 is 378. The van der Waals surface area contributed by atoms with E-state index in [0.29, 0.717) is 66.7 Å². The number of ether oxygens (including phenoxy) is 6. The lowest BCUT2D eigenvalue weighted by Gasteiger charge is -2.32. The molecular weight excluding hydrogens is 2160 g/mol. The van der Waals surface area contributed by atoms with Crippen molar-refractivity contribution in [3.63, 3.8) is 0 Å². The second-order valence-corrected chi connectivity index (χ2v) is 38.7. The van der Waals surface area contributed by atoms with E-state index in [1.54, 1.807) is 41.0 Å². The van der Waals surface area contributed by atoms with E-state index in [4.69, 9.17) is 82.6 Å². The molecule has 18 rings (SSSR count). The smallest absolute Gasteiger partial charge is 0.415 e. The monoisotopic (exact) mass is 2220 g/mol. The summed E-state index contributed by atoms with van der Waals surface area (Å²) >= 11 is 2.62. The average molecular weight is 2230 g/mol. The van der Waals surface area contributed by atoms with Gasteiger partial charge in [-0.05, 0) is 109 Å². The van der Waals surface area contributed by atoms with Crippen molar-refractivity contribution in [2.75, 3.05) is 108 Å². The van der Waals surface area contributed by atoms with Crippen LogP contribution in [0, 0.1) is 67.8 Å². The molecule has 0 aliphatic carbocycles. The van der Waals surface area contributed by atoms with Gasteiger partial charge in [0.2, 0.25) is 28.4 Å². The fraction of sp³-hybridized carbons (Fsp3) is 0.189. The first-order valence-electron chi connectivity index (χ1n) is 41.5. The van der Waals surface area contributed by atoms with E-state index in [1.807, 2.05) is 29.6 Å². The number of hydrogen-bond donors (Lipinski definition) is 3. The van der Waals surface area contributed by atoms with Crippen LogP contribution in [0.5, 0.6) is 34.5 Å². The summed E-state index contributed by atoms with van der Waals surface area (Å²) in [6, 6.07) is 34.4. The van der Waals surface area contributed by atoms with Crippen LogP contribution >= 0.6 is 44.0 Å². The molecule has 0 amide bonds. The van der Waals surface area contributed by atoms with Gasteiger partial charge in [-0.25, -0.2) is 85.8 Å². The summed E-state index contributed by atoms with van der Waals surface area (Å²) in [6.07, 6.45) is -19.7. The van der Waals surface area contributed by atoms with Gasteiger partial charge >= 0.3 is 30.9 Å². The average Bonchev–Trinajstić information content (AvgIpc) is 1.54.